The molecule has 0 heterocycles. The second-order valence-electron chi connectivity index (χ2n) is 3.71. The van der Waals surface area contributed by atoms with Crippen LogP contribution in [0, 0.1) is 62.1 Å². The first kappa shape index (κ1) is 11.7. The summed E-state index contributed by atoms with van der Waals surface area (Å²) in [6.07, 6.45) is 0.746. The Balaban J connectivity index is 3.22. The van der Waals surface area contributed by atoms with Gasteiger partial charge in [0.2, 0.25) is 0 Å². The molecule has 1 aliphatic rings. The van der Waals surface area contributed by atoms with Crippen LogP contribution in [0.15, 0.2) is 0 Å². The van der Waals surface area contributed by atoms with E-state index in [0.29, 0.717) is 6.42 Å². The highest BCUT2D eigenvalue weighted by Crippen LogP contribution is 2.68. The van der Waals surface area contributed by atoms with E-state index in [0.717, 1.165) is 0 Å². The monoisotopic (exact) mass is 212 g/mol. The first-order valence-corrected chi connectivity index (χ1v) is 4.78. The minimum absolute atomic E-state index is 0.181. The van der Waals surface area contributed by atoms with E-state index in [9.17, 15) is 4.79 Å². The van der Waals surface area contributed by atoms with Gasteiger partial charge in [-0.1, -0.05) is 6.92 Å². The van der Waals surface area contributed by atoms with Gasteiger partial charge in [0.1, 0.15) is 5.78 Å². The van der Waals surface area contributed by atoms with Gasteiger partial charge in [0.15, 0.2) is 10.8 Å². The highest BCUT2D eigenvalue weighted by Gasteiger charge is 2.83. The Morgan fingerprint density at radius 1 is 1.06 bits per heavy atom. The molecule has 1 aliphatic carbocycles. The smallest absolute Gasteiger partial charge is 0.188 e. The number of carbonyl (C=O) groups is 1. The third-order valence-electron chi connectivity index (χ3n) is 2.93. The Hall–Kier alpha value is -2.37. The van der Waals surface area contributed by atoms with Gasteiger partial charge in [0, 0.05) is 6.42 Å². The molecule has 5 heteroatoms. The predicted octanol–water partition coefficient (Wildman–Crippen LogP) is 1.05. The topological polar surface area (TPSA) is 112 Å². The maximum Gasteiger partial charge on any atom is 0.188 e. The molecule has 0 radical (unpaired) electrons. The summed E-state index contributed by atoms with van der Waals surface area (Å²) in [7, 11) is 0. The zero-order valence-corrected chi connectivity index (χ0v) is 8.69. The fourth-order valence-electron chi connectivity index (χ4n) is 2.01. The van der Waals surface area contributed by atoms with Crippen LogP contribution in [0.4, 0.5) is 0 Å². The zero-order chi connectivity index (χ0) is 12.4. The van der Waals surface area contributed by atoms with Crippen molar-refractivity contribution < 1.29 is 4.79 Å². The van der Waals surface area contributed by atoms with E-state index in [4.69, 9.17) is 21.0 Å². The first-order valence-electron chi connectivity index (χ1n) is 4.78. The number of hydrogen-bond donors (Lipinski definition) is 0. The Kier molecular flexibility index (Phi) is 2.67. The summed E-state index contributed by atoms with van der Waals surface area (Å²) in [5.74, 6) is -1.43. The van der Waals surface area contributed by atoms with Gasteiger partial charge in [0.25, 0.3) is 0 Å². The third-order valence-corrected chi connectivity index (χ3v) is 2.93. The van der Waals surface area contributed by atoms with E-state index < -0.39 is 16.7 Å². The van der Waals surface area contributed by atoms with Crippen molar-refractivity contribution in [2.45, 2.75) is 19.8 Å². The Morgan fingerprint density at radius 3 is 1.69 bits per heavy atom. The quantitative estimate of drug-likeness (QED) is 0.693. The van der Waals surface area contributed by atoms with Crippen molar-refractivity contribution >= 4 is 5.78 Å². The maximum atomic E-state index is 11.7. The molecule has 0 aromatic carbocycles. The van der Waals surface area contributed by atoms with E-state index in [2.05, 4.69) is 0 Å². The third kappa shape index (κ3) is 1.04. The van der Waals surface area contributed by atoms with Crippen molar-refractivity contribution in [1.29, 1.82) is 21.0 Å². The SMILES string of the molecule is CCCC(=O)C1C(C#N)(C#N)C1(C#N)C#N. The lowest BCUT2D eigenvalue weighted by molar-refractivity contribution is -0.121. The summed E-state index contributed by atoms with van der Waals surface area (Å²) in [5, 5.41) is 35.7. The van der Waals surface area contributed by atoms with Crippen LogP contribution in [0.3, 0.4) is 0 Å². The van der Waals surface area contributed by atoms with Crippen molar-refractivity contribution in [2.75, 3.05) is 0 Å². The van der Waals surface area contributed by atoms with E-state index in [1.807, 2.05) is 0 Å². The average Bonchev–Trinajstić information content (AvgIpc) is 2.92. The summed E-state index contributed by atoms with van der Waals surface area (Å²) in [4.78, 5) is 11.7. The van der Waals surface area contributed by atoms with Gasteiger partial charge in [-0.05, 0) is 6.42 Å². The summed E-state index contributed by atoms with van der Waals surface area (Å²) < 4.78 is 0. The fourth-order valence-corrected chi connectivity index (χ4v) is 2.01. The highest BCUT2D eigenvalue weighted by molar-refractivity contribution is 5.90. The molecular formula is C11H8N4O. The van der Waals surface area contributed by atoms with Crippen LogP contribution in [0.5, 0.6) is 0 Å². The minimum Gasteiger partial charge on any atom is -0.299 e. The summed E-state index contributed by atoms with van der Waals surface area (Å²) >= 11 is 0. The lowest BCUT2D eigenvalue weighted by atomic mass is 9.98. The average molecular weight is 212 g/mol. The predicted molar refractivity (Wildman–Crippen MR) is 50.7 cm³/mol. The number of hydrogen-bond acceptors (Lipinski definition) is 5. The highest BCUT2D eigenvalue weighted by atomic mass is 16.1. The Morgan fingerprint density at radius 2 is 1.44 bits per heavy atom. The number of rotatable bonds is 3. The number of nitriles is 4. The van der Waals surface area contributed by atoms with Gasteiger partial charge >= 0.3 is 0 Å². The number of carbonyl (C=O) groups excluding carboxylic acids is 1. The molecule has 0 aromatic rings. The Bertz CT molecular complexity index is 428. The molecule has 0 spiro atoms. The standard InChI is InChI=1S/C11H8N4O/c1-2-3-8(16)9-10(4-12,5-13)11(9,6-14)7-15/h9H,2-3H2,1H3. The van der Waals surface area contributed by atoms with Gasteiger partial charge in [-0.25, -0.2) is 0 Å². The van der Waals surface area contributed by atoms with Crippen LogP contribution in [0.2, 0.25) is 0 Å². The lowest BCUT2D eigenvalue weighted by Gasteiger charge is -1.94. The second-order valence-corrected chi connectivity index (χ2v) is 3.71. The van der Waals surface area contributed by atoms with Crippen molar-refractivity contribution in [3.63, 3.8) is 0 Å². The minimum atomic E-state index is -1.78. The maximum absolute atomic E-state index is 11.7. The summed E-state index contributed by atoms with van der Waals surface area (Å²) in [6.45, 7) is 1.78. The molecule has 0 N–H and O–H groups in total. The molecule has 1 rings (SSSR count). The molecule has 1 fully saturated rings. The van der Waals surface area contributed by atoms with E-state index in [1.54, 1.807) is 31.2 Å². The van der Waals surface area contributed by atoms with Crippen LogP contribution in [-0.4, -0.2) is 5.78 Å². The van der Waals surface area contributed by atoms with Crippen molar-refractivity contribution in [1.82, 2.24) is 0 Å². The zero-order valence-electron chi connectivity index (χ0n) is 8.69. The van der Waals surface area contributed by atoms with Crippen molar-refractivity contribution in [2.24, 2.45) is 16.7 Å². The van der Waals surface area contributed by atoms with E-state index >= 15 is 0 Å². The number of nitrogens with zero attached hydrogens (tertiary/aromatic N) is 4. The normalized spacial score (nSPS) is 19.6. The molecule has 0 unspecified atom stereocenters. The fraction of sp³-hybridized carbons (Fsp3) is 0.545. The molecule has 78 valence electrons. The van der Waals surface area contributed by atoms with Crippen LogP contribution in [-0.2, 0) is 4.79 Å². The molecule has 0 bridgehead atoms. The summed E-state index contributed by atoms with van der Waals surface area (Å²) in [6, 6.07) is 6.63. The van der Waals surface area contributed by atoms with Gasteiger partial charge < -0.3 is 0 Å². The molecule has 0 amide bonds. The van der Waals surface area contributed by atoms with E-state index in [-0.39, 0.29) is 12.2 Å². The van der Waals surface area contributed by atoms with Crippen LogP contribution in [0.1, 0.15) is 19.8 Å². The van der Waals surface area contributed by atoms with Gasteiger partial charge in [-0.2, -0.15) is 21.0 Å². The molecule has 0 atom stereocenters. The molecule has 0 aromatic heterocycles. The molecular weight excluding hydrogens is 204 g/mol. The second kappa shape index (κ2) is 3.65. The van der Waals surface area contributed by atoms with Crippen molar-refractivity contribution in [3.05, 3.63) is 0 Å². The molecule has 16 heavy (non-hydrogen) atoms. The number of Topliss-reactive ketones (excluding diaryl/α,β-unsaturated/α-hetero) is 1. The van der Waals surface area contributed by atoms with Crippen LogP contribution < -0.4 is 0 Å². The largest absolute Gasteiger partial charge is 0.299 e. The molecule has 0 saturated heterocycles. The van der Waals surface area contributed by atoms with Gasteiger partial charge in [-0.3, -0.25) is 4.79 Å². The van der Waals surface area contributed by atoms with E-state index in [1.165, 1.54) is 0 Å². The number of ketones is 1. The first-order chi connectivity index (χ1) is 7.60. The lowest BCUT2D eigenvalue weighted by Crippen LogP contribution is -2.07. The molecule has 0 aliphatic heterocycles. The van der Waals surface area contributed by atoms with Gasteiger partial charge in [0.05, 0.1) is 30.2 Å². The van der Waals surface area contributed by atoms with Crippen LogP contribution >= 0.6 is 0 Å². The van der Waals surface area contributed by atoms with Crippen molar-refractivity contribution in [3.8, 4) is 24.3 Å². The van der Waals surface area contributed by atoms with Crippen LogP contribution in [0.25, 0.3) is 0 Å². The summed E-state index contributed by atoms with van der Waals surface area (Å²) in [5.41, 5.74) is -3.55. The van der Waals surface area contributed by atoms with Gasteiger partial charge in [-0.15, -0.1) is 0 Å². The Labute approximate surface area is 93.1 Å². The molecule has 1 saturated carbocycles. The molecule has 5 nitrogen and oxygen atoms in total.